The first-order valence-corrected chi connectivity index (χ1v) is 10.8. The molecule has 2 aliphatic rings. The molecule has 0 saturated carbocycles. The Hall–Kier alpha value is -1.52. The number of ether oxygens (including phenoxy) is 1. The van der Waals surface area contributed by atoms with E-state index in [4.69, 9.17) is 4.74 Å². The minimum absolute atomic E-state index is 0.116. The van der Waals surface area contributed by atoms with Gasteiger partial charge in [-0.1, -0.05) is 37.6 Å². The molecule has 1 aromatic rings. The lowest BCUT2D eigenvalue weighted by Gasteiger charge is -2.50. The van der Waals surface area contributed by atoms with E-state index in [0.29, 0.717) is 0 Å². The molecule has 3 rings (SSSR count). The van der Waals surface area contributed by atoms with E-state index in [1.807, 2.05) is 24.3 Å². The monoisotopic (exact) mass is 438 g/mol. The van der Waals surface area contributed by atoms with Crippen molar-refractivity contribution >= 4 is 0 Å². The Morgan fingerprint density at radius 2 is 1.65 bits per heavy atom. The first kappa shape index (κ1) is 24.1. The molecule has 0 spiro atoms. The third-order valence-electron chi connectivity index (χ3n) is 6.31. The lowest BCUT2D eigenvalue weighted by atomic mass is 9.71. The summed E-state index contributed by atoms with van der Waals surface area (Å²) in [5, 5.41) is 72.7. The van der Waals surface area contributed by atoms with Crippen LogP contribution in [0.5, 0.6) is 0 Å². The number of aliphatic hydroxyl groups excluding tert-OH is 5. The summed E-state index contributed by atoms with van der Waals surface area (Å²) in [7, 11) is 0. The second kappa shape index (κ2) is 9.54. The summed E-state index contributed by atoms with van der Waals surface area (Å²) in [6.45, 7) is 1.50. The highest BCUT2D eigenvalue weighted by molar-refractivity contribution is 5.28. The molecule has 1 saturated heterocycles. The van der Waals surface area contributed by atoms with E-state index in [1.165, 1.54) is 11.6 Å². The van der Waals surface area contributed by atoms with Crippen LogP contribution in [0, 0.1) is 0 Å². The molecular formula is C23H34O8. The SMILES string of the molecule is CCCCc1ccc(CC2(O)C=C(O)CC(O)([C@@H]3O[C@H](CO)[C@@H](O)[C@H](O)[C@H]3O)C2)cc1. The van der Waals surface area contributed by atoms with E-state index in [0.717, 1.165) is 24.8 Å². The minimum Gasteiger partial charge on any atom is -0.512 e. The van der Waals surface area contributed by atoms with Gasteiger partial charge in [0.25, 0.3) is 0 Å². The number of aryl methyl sites for hydroxylation is 1. The largest absolute Gasteiger partial charge is 0.512 e. The molecule has 0 aromatic heterocycles. The van der Waals surface area contributed by atoms with Crippen LogP contribution in [-0.4, -0.2) is 84.1 Å². The van der Waals surface area contributed by atoms with Crippen LogP contribution in [0.4, 0.5) is 0 Å². The fourth-order valence-electron chi connectivity index (χ4n) is 4.74. The summed E-state index contributed by atoms with van der Waals surface area (Å²) in [6.07, 6.45) is -3.52. The van der Waals surface area contributed by atoms with Crippen LogP contribution < -0.4 is 0 Å². The van der Waals surface area contributed by atoms with Crippen molar-refractivity contribution in [1.82, 2.24) is 0 Å². The quantitative estimate of drug-likeness (QED) is 0.317. The molecular weight excluding hydrogens is 404 g/mol. The van der Waals surface area contributed by atoms with Crippen LogP contribution in [0.2, 0.25) is 0 Å². The summed E-state index contributed by atoms with van der Waals surface area (Å²) >= 11 is 0. The normalized spacial score (nSPS) is 38.7. The number of benzene rings is 1. The maximum absolute atomic E-state index is 11.3. The van der Waals surface area contributed by atoms with E-state index in [-0.39, 0.29) is 25.0 Å². The Bertz CT molecular complexity index is 763. The number of hydrogen-bond acceptors (Lipinski definition) is 8. The van der Waals surface area contributed by atoms with Crippen molar-refractivity contribution in [1.29, 1.82) is 0 Å². The summed E-state index contributed by atoms with van der Waals surface area (Å²) < 4.78 is 5.51. The molecule has 31 heavy (non-hydrogen) atoms. The number of unbranched alkanes of at least 4 members (excludes halogenated alkanes) is 1. The van der Waals surface area contributed by atoms with Crippen LogP contribution >= 0.6 is 0 Å². The van der Waals surface area contributed by atoms with Crippen LogP contribution in [0.3, 0.4) is 0 Å². The Labute approximate surface area is 182 Å². The highest BCUT2D eigenvalue weighted by atomic mass is 16.6. The van der Waals surface area contributed by atoms with Gasteiger partial charge in [-0.05, 0) is 30.0 Å². The Balaban J connectivity index is 1.80. The van der Waals surface area contributed by atoms with Crippen molar-refractivity contribution in [2.45, 2.75) is 87.2 Å². The van der Waals surface area contributed by atoms with Crippen molar-refractivity contribution in [3.8, 4) is 0 Å². The third-order valence-corrected chi connectivity index (χ3v) is 6.31. The van der Waals surface area contributed by atoms with Gasteiger partial charge >= 0.3 is 0 Å². The van der Waals surface area contributed by atoms with Gasteiger partial charge in [-0.25, -0.2) is 0 Å². The molecule has 0 radical (unpaired) electrons. The minimum atomic E-state index is -1.93. The molecule has 8 nitrogen and oxygen atoms in total. The van der Waals surface area contributed by atoms with E-state index in [2.05, 4.69) is 6.92 Å². The maximum atomic E-state index is 11.3. The molecule has 1 aliphatic heterocycles. The van der Waals surface area contributed by atoms with Gasteiger partial charge in [0.05, 0.1) is 18.0 Å². The summed E-state index contributed by atoms with van der Waals surface area (Å²) in [5.41, 5.74) is -1.55. The predicted octanol–water partition coefficient (Wildman–Crippen LogP) is 0.112. The second-order valence-corrected chi connectivity index (χ2v) is 9.04. The Morgan fingerprint density at radius 3 is 2.26 bits per heavy atom. The maximum Gasteiger partial charge on any atom is 0.116 e. The zero-order chi connectivity index (χ0) is 22.8. The molecule has 1 fully saturated rings. The Morgan fingerprint density at radius 1 is 1.00 bits per heavy atom. The molecule has 7 atom stereocenters. The molecule has 8 heteroatoms. The highest BCUT2D eigenvalue weighted by Gasteiger charge is 2.56. The first-order chi connectivity index (χ1) is 14.6. The van der Waals surface area contributed by atoms with Crippen molar-refractivity contribution < 1.29 is 40.5 Å². The number of rotatable bonds is 7. The second-order valence-electron chi connectivity index (χ2n) is 9.04. The molecule has 0 bridgehead atoms. The van der Waals surface area contributed by atoms with E-state index in [9.17, 15) is 35.7 Å². The van der Waals surface area contributed by atoms with Gasteiger partial charge < -0.3 is 40.5 Å². The summed E-state index contributed by atoms with van der Waals surface area (Å²) in [5.74, 6) is -0.271. The zero-order valence-corrected chi connectivity index (χ0v) is 17.8. The molecule has 0 amide bonds. The lowest BCUT2D eigenvalue weighted by Crippen LogP contribution is -2.67. The fraction of sp³-hybridized carbons (Fsp3) is 0.652. The van der Waals surface area contributed by atoms with Gasteiger partial charge in [0.2, 0.25) is 0 Å². The molecule has 7 N–H and O–H groups in total. The van der Waals surface area contributed by atoms with Crippen molar-refractivity contribution in [2.24, 2.45) is 0 Å². The van der Waals surface area contributed by atoms with Crippen molar-refractivity contribution in [3.05, 3.63) is 47.2 Å². The fourth-order valence-corrected chi connectivity index (χ4v) is 4.74. The smallest absolute Gasteiger partial charge is 0.116 e. The van der Waals surface area contributed by atoms with Crippen LogP contribution in [0.1, 0.15) is 43.7 Å². The standard InChI is InChI=1S/C23H34O8/c1-2-3-4-14-5-7-15(8-6-14)9-22(29)10-16(25)11-23(30,13-22)21-20(28)19(27)18(26)17(12-24)31-21/h5-8,10,17-21,24-30H,2-4,9,11-13H2,1H3/t17-,18-,19+,20-,21-,22?,23?/m1/s1. The molecule has 1 aromatic carbocycles. The van der Waals surface area contributed by atoms with Crippen molar-refractivity contribution in [2.75, 3.05) is 6.61 Å². The van der Waals surface area contributed by atoms with Crippen LogP contribution in [0.15, 0.2) is 36.1 Å². The van der Waals surface area contributed by atoms with Gasteiger partial charge in [0.1, 0.15) is 36.1 Å². The predicted molar refractivity (Wildman–Crippen MR) is 112 cm³/mol. The summed E-state index contributed by atoms with van der Waals surface area (Å²) in [6, 6.07) is 7.78. The zero-order valence-electron chi connectivity index (χ0n) is 17.8. The lowest BCUT2D eigenvalue weighted by molar-refractivity contribution is -0.277. The van der Waals surface area contributed by atoms with E-state index in [1.54, 1.807) is 0 Å². The Kier molecular flexibility index (Phi) is 7.43. The van der Waals surface area contributed by atoms with Crippen LogP contribution in [0.25, 0.3) is 0 Å². The van der Waals surface area contributed by atoms with E-state index >= 15 is 0 Å². The molecule has 1 aliphatic carbocycles. The number of hydrogen-bond donors (Lipinski definition) is 7. The van der Waals surface area contributed by atoms with Crippen molar-refractivity contribution in [3.63, 3.8) is 0 Å². The topological polar surface area (TPSA) is 151 Å². The van der Waals surface area contributed by atoms with Gasteiger partial charge in [-0.3, -0.25) is 0 Å². The van der Waals surface area contributed by atoms with E-state index < -0.39 is 48.3 Å². The highest BCUT2D eigenvalue weighted by Crippen LogP contribution is 2.42. The van der Waals surface area contributed by atoms with Gasteiger partial charge in [-0.15, -0.1) is 0 Å². The number of aliphatic hydroxyl groups is 7. The molecule has 1 heterocycles. The van der Waals surface area contributed by atoms with Gasteiger partial charge in [0, 0.05) is 19.3 Å². The third kappa shape index (κ3) is 5.28. The molecule has 2 unspecified atom stereocenters. The average Bonchev–Trinajstić information content (AvgIpc) is 2.70. The molecule has 174 valence electrons. The summed E-state index contributed by atoms with van der Waals surface area (Å²) in [4.78, 5) is 0. The van der Waals surface area contributed by atoms with Gasteiger partial charge in [-0.2, -0.15) is 0 Å². The first-order valence-electron chi connectivity index (χ1n) is 10.8. The van der Waals surface area contributed by atoms with Gasteiger partial charge in [0.15, 0.2) is 0 Å². The van der Waals surface area contributed by atoms with Crippen LogP contribution in [-0.2, 0) is 17.6 Å². The average molecular weight is 439 g/mol.